The molecular formula is C15H28N2O2. The van der Waals surface area contributed by atoms with E-state index in [2.05, 4.69) is 18.7 Å². The molecule has 2 fully saturated rings. The summed E-state index contributed by atoms with van der Waals surface area (Å²) in [6, 6.07) is 0. The van der Waals surface area contributed by atoms with E-state index in [4.69, 9.17) is 0 Å². The van der Waals surface area contributed by atoms with Gasteiger partial charge in [-0.25, -0.2) is 0 Å². The number of hydrogen-bond acceptors (Lipinski definition) is 3. The SMILES string of the molecule is CC1CCN(C(=O)CCN2C[C@@H](C)[C@@](C)(O)C2)CC1. The van der Waals surface area contributed by atoms with Gasteiger partial charge in [0.1, 0.15) is 0 Å². The fourth-order valence-corrected chi connectivity index (χ4v) is 3.10. The van der Waals surface area contributed by atoms with Crippen molar-refractivity contribution in [2.75, 3.05) is 32.7 Å². The summed E-state index contributed by atoms with van der Waals surface area (Å²) in [6.45, 7) is 10.5. The van der Waals surface area contributed by atoms with Crippen LogP contribution in [0.25, 0.3) is 0 Å². The lowest BCUT2D eigenvalue weighted by Gasteiger charge is -2.31. The van der Waals surface area contributed by atoms with E-state index in [9.17, 15) is 9.90 Å². The zero-order valence-corrected chi connectivity index (χ0v) is 12.6. The molecule has 0 aromatic rings. The maximum absolute atomic E-state index is 12.1. The van der Waals surface area contributed by atoms with Gasteiger partial charge in [-0.2, -0.15) is 0 Å². The van der Waals surface area contributed by atoms with E-state index in [1.807, 2.05) is 11.8 Å². The molecule has 2 aliphatic heterocycles. The monoisotopic (exact) mass is 268 g/mol. The molecule has 2 atom stereocenters. The summed E-state index contributed by atoms with van der Waals surface area (Å²) in [4.78, 5) is 16.4. The second-order valence-electron chi connectivity index (χ2n) is 6.81. The van der Waals surface area contributed by atoms with Crippen molar-refractivity contribution in [3.8, 4) is 0 Å². The van der Waals surface area contributed by atoms with Crippen LogP contribution in [0.3, 0.4) is 0 Å². The molecule has 0 radical (unpaired) electrons. The molecule has 0 spiro atoms. The van der Waals surface area contributed by atoms with Crippen LogP contribution in [0.15, 0.2) is 0 Å². The molecular weight excluding hydrogens is 240 g/mol. The maximum Gasteiger partial charge on any atom is 0.223 e. The molecule has 0 bridgehead atoms. The molecule has 4 nitrogen and oxygen atoms in total. The molecule has 2 rings (SSSR count). The number of aliphatic hydroxyl groups is 1. The van der Waals surface area contributed by atoms with E-state index in [1.165, 1.54) is 0 Å². The van der Waals surface area contributed by atoms with Gasteiger partial charge in [0.2, 0.25) is 5.91 Å². The van der Waals surface area contributed by atoms with Gasteiger partial charge in [-0.1, -0.05) is 13.8 Å². The van der Waals surface area contributed by atoms with Crippen molar-refractivity contribution in [1.82, 2.24) is 9.80 Å². The van der Waals surface area contributed by atoms with Crippen molar-refractivity contribution in [2.45, 2.75) is 45.6 Å². The molecule has 0 aliphatic carbocycles. The van der Waals surface area contributed by atoms with Crippen LogP contribution < -0.4 is 0 Å². The predicted octanol–water partition coefficient (Wildman–Crippen LogP) is 1.34. The van der Waals surface area contributed by atoms with Crippen LogP contribution in [0.1, 0.15) is 40.0 Å². The second kappa shape index (κ2) is 5.80. The van der Waals surface area contributed by atoms with Gasteiger partial charge >= 0.3 is 0 Å². The zero-order chi connectivity index (χ0) is 14.0. The minimum atomic E-state index is -0.594. The molecule has 1 N–H and O–H groups in total. The number of carbonyl (C=O) groups excluding carboxylic acids is 1. The Morgan fingerprint density at radius 3 is 2.47 bits per heavy atom. The van der Waals surface area contributed by atoms with Crippen molar-refractivity contribution in [3.05, 3.63) is 0 Å². The summed E-state index contributed by atoms with van der Waals surface area (Å²) in [5, 5.41) is 10.1. The van der Waals surface area contributed by atoms with E-state index >= 15 is 0 Å². The van der Waals surface area contributed by atoms with Gasteiger partial charge in [-0.05, 0) is 31.6 Å². The number of hydrogen-bond donors (Lipinski definition) is 1. The third-order valence-electron chi connectivity index (χ3n) is 4.92. The first-order valence-corrected chi connectivity index (χ1v) is 7.61. The lowest BCUT2D eigenvalue weighted by Crippen LogP contribution is -2.39. The minimum Gasteiger partial charge on any atom is -0.389 e. The average molecular weight is 268 g/mol. The van der Waals surface area contributed by atoms with Crippen LogP contribution in [-0.2, 0) is 4.79 Å². The molecule has 110 valence electrons. The molecule has 19 heavy (non-hydrogen) atoms. The van der Waals surface area contributed by atoms with E-state index in [0.717, 1.165) is 44.9 Å². The van der Waals surface area contributed by atoms with Gasteiger partial charge in [0, 0.05) is 39.1 Å². The van der Waals surface area contributed by atoms with Crippen molar-refractivity contribution >= 4 is 5.91 Å². The second-order valence-corrected chi connectivity index (χ2v) is 6.81. The Kier molecular flexibility index (Phi) is 4.51. The number of β-amino-alcohol motifs (C(OH)–C–C–N with tert-alkyl or cyclic N) is 1. The average Bonchev–Trinajstić information content (AvgIpc) is 2.61. The Labute approximate surface area is 116 Å². The van der Waals surface area contributed by atoms with Gasteiger partial charge in [0.15, 0.2) is 0 Å². The molecule has 4 heteroatoms. The number of rotatable bonds is 3. The predicted molar refractivity (Wildman–Crippen MR) is 75.8 cm³/mol. The summed E-state index contributed by atoms with van der Waals surface area (Å²) in [5.74, 6) is 1.34. The summed E-state index contributed by atoms with van der Waals surface area (Å²) in [5.41, 5.74) is -0.594. The van der Waals surface area contributed by atoms with Crippen molar-refractivity contribution in [3.63, 3.8) is 0 Å². The van der Waals surface area contributed by atoms with Gasteiger partial charge in [0.05, 0.1) is 5.60 Å². The third-order valence-corrected chi connectivity index (χ3v) is 4.92. The first-order valence-electron chi connectivity index (χ1n) is 7.61. The molecule has 0 aromatic carbocycles. The maximum atomic E-state index is 12.1. The normalized spacial score (nSPS) is 33.9. The van der Waals surface area contributed by atoms with Crippen molar-refractivity contribution < 1.29 is 9.90 Å². The van der Waals surface area contributed by atoms with Crippen LogP contribution in [0.2, 0.25) is 0 Å². The van der Waals surface area contributed by atoms with E-state index < -0.39 is 5.60 Å². The summed E-state index contributed by atoms with van der Waals surface area (Å²) in [6.07, 6.45) is 2.87. The highest BCUT2D eigenvalue weighted by molar-refractivity contribution is 5.76. The summed E-state index contributed by atoms with van der Waals surface area (Å²) < 4.78 is 0. The van der Waals surface area contributed by atoms with Crippen LogP contribution in [-0.4, -0.2) is 59.1 Å². The van der Waals surface area contributed by atoms with Crippen molar-refractivity contribution in [1.29, 1.82) is 0 Å². The number of nitrogens with zero attached hydrogens (tertiary/aromatic N) is 2. The van der Waals surface area contributed by atoms with Crippen LogP contribution in [0.4, 0.5) is 0 Å². The zero-order valence-electron chi connectivity index (χ0n) is 12.6. The van der Waals surface area contributed by atoms with Gasteiger partial charge in [0.25, 0.3) is 0 Å². The first kappa shape index (κ1) is 14.8. The standard InChI is InChI=1S/C15H28N2O2/c1-12-4-8-17(9-5-12)14(18)6-7-16-10-13(2)15(3,19)11-16/h12-13,19H,4-11H2,1-3H3/t13-,15+/m1/s1. The molecule has 1 amide bonds. The van der Waals surface area contributed by atoms with Crippen LogP contribution in [0.5, 0.6) is 0 Å². The smallest absolute Gasteiger partial charge is 0.223 e. The topological polar surface area (TPSA) is 43.8 Å². The first-order chi connectivity index (χ1) is 8.88. The Balaban J connectivity index is 1.73. The highest BCUT2D eigenvalue weighted by atomic mass is 16.3. The number of piperidine rings is 1. The molecule has 0 unspecified atom stereocenters. The Morgan fingerprint density at radius 2 is 1.95 bits per heavy atom. The van der Waals surface area contributed by atoms with Gasteiger partial charge in [-0.15, -0.1) is 0 Å². The van der Waals surface area contributed by atoms with Crippen LogP contribution in [0, 0.1) is 11.8 Å². The highest BCUT2D eigenvalue weighted by Gasteiger charge is 2.38. The fourth-order valence-electron chi connectivity index (χ4n) is 3.10. The number of amides is 1. The largest absolute Gasteiger partial charge is 0.389 e. The van der Waals surface area contributed by atoms with Crippen molar-refractivity contribution in [2.24, 2.45) is 11.8 Å². The lowest BCUT2D eigenvalue weighted by molar-refractivity contribution is -0.132. The Hall–Kier alpha value is -0.610. The Bertz CT molecular complexity index is 322. The summed E-state index contributed by atoms with van der Waals surface area (Å²) in [7, 11) is 0. The fraction of sp³-hybridized carbons (Fsp3) is 0.933. The van der Waals surface area contributed by atoms with Gasteiger partial charge < -0.3 is 10.0 Å². The Morgan fingerprint density at radius 1 is 1.32 bits per heavy atom. The van der Waals surface area contributed by atoms with Gasteiger partial charge in [-0.3, -0.25) is 9.69 Å². The van der Waals surface area contributed by atoms with E-state index in [1.54, 1.807) is 0 Å². The highest BCUT2D eigenvalue weighted by Crippen LogP contribution is 2.26. The number of likely N-dealkylation sites (tertiary alicyclic amines) is 2. The molecule has 0 aromatic heterocycles. The van der Waals surface area contributed by atoms with E-state index in [0.29, 0.717) is 18.9 Å². The lowest BCUT2D eigenvalue weighted by atomic mass is 9.95. The molecule has 2 saturated heterocycles. The molecule has 2 aliphatic rings. The molecule has 0 saturated carbocycles. The molecule has 2 heterocycles. The van der Waals surface area contributed by atoms with E-state index in [-0.39, 0.29) is 5.91 Å². The summed E-state index contributed by atoms with van der Waals surface area (Å²) >= 11 is 0. The van der Waals surface area contributed by atoms with Crippen LogP contribution >= 0.6 is 0 Å². The minimum absolute atomic E-state index is 0.283. The quantitative estimate of drug-likeness (QED) is 0.840. The third kappa shape index (κ3) is 3.69. The number of carbonyl (C=O) groups is 1.